The lowest BCUT2D eigenvalue weighted by Gasteiger charge is -2.30. The van der Waals surface area contributed by atoms with Crippen LogP contribution in [0.5, 0.6) is 0 Å². The molecule has 0 amide bonds. The highest BCUT2D eigenvalue weighted by Gasteiger charge is 2.19. The first-order valence-electron chi connectivity index (χ1n) is 5.06. The molecule has 4 nitrogen and oxygen atoms in total. The van der Waals surface area contributed by atoms with Gasteiger partial charge in [0.1, 0.15) is 0 Å². The van der Waals surface area contributed by atoms with Gasteiger partial charge in [-0.1, -0.05) is 15.9 Å². The van der Waals surface area contributed by atoms with Crippen LogP contribution < -0.4 is 16.2 Å². The zero-order chi connectivity index (χ0) is 12.3. The number of anilines is 2. The molecule has 1 rings (SSSR count). The highest BCUT2D eigenvalue weighted by molar-refractivity contribution is 9.10. The standard InChI is InChI=1S/C11H18BrN3O/c1-11(2,16)7-15(14-3)10-5-4-8(12)6-9(10)13/h4-6,14,16H,7,13H2,1-3H3. The topological polar surface area (TPSA) is 61.5 Å². The smallest absolute Gasteiger partial charge is 0.0781 e. The van der Waals surface area contributed by atoms with Crippen molar-refractivity contribution in [2.45, 2.75) is 19.4 Å². The van der Waals surface area contributed by atoms with Gasteiger partial charge in [-0.15, -0.1) is 0 Å². The summed E-state index contributed by atoms with van der Waals surface area (Å²) in [5, 5.41) is 11.6. The number of nitrogen functional groups attached to an aromatic ring is 1. The fourth-order valence-corrected chi connectivity index (χ4v) is 1.82. The van der Waals surface area contributed by atoms with E-state index in [1.54, 1.807) is 20.9 Å². The number of hydrogen-bond acceptors (Lipinski definition) is 4. The van der Waals surface area contributed by atoms with Gasteiger partial charge in [0.2, 0.25) is 0 Å². The van der Waals surface area contributed by atoms with Crippen LogP contribution in [0.25, 0.3) is 0 Å². The number of nitrogens with two attached hydrogens (primary N) is 1. The first kappa shape index (κ1) is 13.3. The van der Waals surface area contributed by atoms with Gasteiger partial charge in [-0.25, -0.2) is 5.43 Å². The predicted octanol–water partition coefficient (Wildman–Crippen LogP) is 1.74. The fourth-order valence-electron chi connectivity index (χ4n) is 1.44. The fraction of sp³-hybridized carbons (Fsp3) is 0.455. The van der Waals surface area contributed by atoms with Crippen LogP contribution in [0.3, 0.4) is 0 Å². The largest absolute Gasteiger partial charge is 0.397 e. The molecule has 5 heteroatoms. The Kier molecular flexibility index (Phi) is 4.18. The number of benzene rings is 1. The molecule has 0 heterocycles. The number of nitrogens with one attached hydrogen (secondary N) is 1. The first-order valence-corrected chi connectivity index (χ1v) is 5.85. The van der Waals surface area contributed by atoms with E-state index in [0.717, 1.165) is 10.2 Å². The summed E-state index contributed by atoms with van der Waals surface area (Å²) in [7, 11) is 1.80. The molecule has 0 radical (unpaired) electrons. The first-order chi connectivity index (χ1) is 7.33. The maximum absolute atomic E-state index is 9.79. The maximum Gasteiger partial charge on any atom is 0.0781 e. The van der Waals surface area contributed by atoms with Gasteiger partial charge in [0.05, 0.1) is 23.5 Å². The van der Waals surface area contributed by atoms with Crippen molar-refractivity contribution >= 4 is 27.3 Å². The van der Waals surface area contributed by atoms with Crippen molar-refractivity contribution < 1.29 is 5.11 Å². The van der Waals surface area contributed by atoms with Gasteiger partial charge in [0.15, 0.2) is 0 Å². The minimum absolute atomic E-state index is 0.454. The normalized spacial score (nSPS) is 11.6. The summed E-state index contributed by atoms with van der Waals surface area (Å²) in [5.41, 5.74) is 9.66. The summed E-state index contributed by atoms with van der Waals surface area (Å²) in [5.74, 6) is 0. The van der Waals surface area contributed by atoms with Crippen LogP contribution in [0, 0.1) is 0 Å². The Hall–Kier alpha value is -0.780. The molecule has 1 aromatic carbocycles. The molecule has 0 bridgehead atoms. The molecule has 4 N–H and O–H groups in total. The van der Waals surface area contributed by atoms with E-state index in [0.29, 0.717) is 12.2 Å². The minimum atomic E-state index is -0.789. The average Bonchev–Trinajstić information content (AvgIpc) is 2.13. The average molecular weight is 288 g/mol. The summed E-state index contributed by atoms with van der Waals surface area (Å²) >= 11 is 3.36. The molecular weight excluding hydrogens is 270 g/mol. The predicted molar refractivity (Wildman–Crippen MR) is 71.3 cm³/mol. The molecule has 0 aromatic heterocycles. The summed E-state index contributed by atoms with van der Waals surface area (Å²) in [6.07, 6.45) is 0. The lowest BCUT2D eigenvalue weighted by atomic mass is 10.1. The van der Waals surface area contributed by atoms with Crippen LogP contribution in [0.4, 0.5) is 11.4 Å². The highest BCUT2D eigenvalue weighted by Crippen LogP contribution is 2.26. The third-order valence-corrected chi connectivity index (χ3v) is 2.59. The van der Waals surface area contributed by atoms with Crippen molar-refractivity contribution in [3.05, 3.63) is 22.7 Å². The number of rotatable bonds is 4. The molecular formula is C11H18BrN3O. The van der Waals surface area contributed by atoms with E-state index >= 15 is 0 Å². The molecule has 1 aromatic rings. The lowest BCUT2D eigenvalue weighted by Crippen LogP contribution is -2.45. The zero-order valence-electron chi connectivity index (χ0n) is 9.79. The molecule has 0 unspecified atom stereocenters. The van der Waals surface area contributed by atoms with Crippen LogP contribution in [0.15, 0.2) is 22.7 Å². The molecule has 0 aliphatic rings. The number of halogens is 1. The van der Waals surface area contributed by atoms with E-state index in [4.69, 9.17) is 5.73 Å². The van der Waals surface area contributed by atoms with Gasteiger partial charge in [0.25, 0.3) is 0 Å². The molecule has 0 aliphatic heterocycles. The molecule has 90 valence electrons. The molecule has 0 atom stereocenters. The van der Waals surface area contributed by atoms with Crippen molar-refractivity contribution in [1.29, 1.82) is 0 Å². The monoisotopic (exact) mass is 287 g/mol. The molecule has 0 saturated heterocycles. The third kappa shape index (κ3) is 3.66. The Balaban J connectivity index is 2.95. The van der Waals surface area contributed by atoms with Gasteiger partial charge < -0.3 is 15.8 Å². The molecule has 16 heavy (non-hydrogen) atoms. The summed E-state index contributed by atoms with van der Waals surface area (Å²) < 4.78 is 0.938. The van der Waals surface area contributed by atoms with Crippen LogP contribution in [0.1, 0.15) is 13.8 Å². The van der Waals surface area contributed by atoms with Crippen molar-refractivity contribution in [1.82, 2.24) is 5.43 Å². The van der Waals surface area contributed by atoms with Gasteiger partial charge in [-0.2, -0.15) is 0 Å². The van der Waals surface area contributed by atoms with E-state index < -0.39 is 5.60 Å². The summed E-state index contributed by atoms with van der Waals surface area (Å²) in [6.45, 7) is 3.97. The number of hydrazine groups is 1. The van der Waals surface area contributed by atoms with Crippen LogP contribution >= 0.6 is 15.9 Å². The van der Waals surface area contributed by atoms with Crippen LogP contribution in [-0.2, 0) is 0 Å². The van der Waals surface area contributed by atoms with Crippen LogP contribution in [0.2, 0.25) is 0 Å². The van der Waals surface area contributed by atoms with E-state index in [-0.39, 0.29) is 0 Å². The van der Waals surface area contributed by atoms with Crippen molar-refractivity contribution in [3.63, 3.8) is 0 Å². The number of aliphatic hydroxyl groups is 1. The molecule has 0 aliphatic carbocycles. The zero-order valence-corrected chi connectivity index (χ0v) is 11.4. The molecule has 0 spiro atoms. The summed E-state index contributed by atoms with van der Waals surface area (Å²) in [4.78, 5) is 0. The lowest BCUT2D eigenvalue weighted by molar-refractivity contribution is 0.0853. The van der Waals surface area contributed by atoms with Crippen molar-refractivity contribution in [2.75, 3.05) is 24.3 Å². The number of nitrogens with zero attached hydrogens (tertiary/aromatic N) is 1. The Morgan fingerprint density at radius 2 is 2.12 bits per heavy atom. The second-order valence-electron chi connectivity index (χ2n) is 4.33. The Morgan fingerprint density at radius 1 is 1.50 bits per heavy atom. The second kappa shape index (κ2) is 5.03. The Bertz CT molecular complexity index is 363. The Labute approximate surface area is 105 Å². The van der Waals surface area contributed by atoms with E-state index in [1.165, 1.54) is 0 Å². The molecule has 0 fully saturated rings. The summed E-state index contributed by atoms with van der Waals surface area (Å²) in [6, 6.07) is 5.66. The quantitative estimate of drug-likeness (QED) is 0.583. The van der Waals surface area contributed by atoms with Crippen molar-refractivity contribution in [2.24, 2.45) is 0 Å². The molecule has 0 saturated carbocycles. The van der Waals surface area contributed by atoms with E-state index in [9.17, 15) is 5.11 Å². The highest BCUT2D eigenvalue weighted by atomic mass is 79.9. The van der Waals surface area contributed by atoms with Gasteiger partial charge in [0, 0.05) is 11.5 Å². The second-order valence-corrected chi connectivity index (χ2v) is 5.24. The van der Waals surface area contributed by atoms with Crippen LogP contribution in [-0.4, -0.2) is 24.3 Å². The SMILES string of the molecule is CNN(CC(C)(C)O)c1ccc(Br)cc1N. The third-order valence-electron chi connectivity index (χ3n) is 2.10. The Morgan fingerprint density at radius 3 is 2.56 bits per heavy atom. The maximum atomic E-state index is 9.79. The van der Waals surface area contributed by atoms with Gasteiger partial charge in [-0.3, -0.25) is 0 Å². The van der Waals surface area contributed by atoms with E-state index in [2.05, 4.69) is 21.4 Å². The minimum Gasteiger partial charge on any atom is -0.397 e. The van der Waals surface area contributed by atoms with Gasteiger partial charge in [-0.05, 0) is 32.0 Å². The number of hydrogen-bond donors (Lipinski definition) is 3. The van der Waals surface area contributed by atoms with Gasteiger partial charge >= 0.3 is 0 Å². The van der Waals surface area contributed by atoms with Crippen molar-refractivity contribution in [3.8, 4) is 0 Å². The van der Waals surface area contributed by atoms with E-state index in [1.807, 2.05) is 23.2 Å².